The molecule has 2 aromatic rings. The van der Waals surface area contributed by atoms with E-state index in [9.17, 15) is 0 Å². The highest BCUT2D eigenvalue weighted by Crippen LogP contribution is 2.25. The predicted octanol–water partition coefficient (Wildman–Crippen LogP) is 4.64. The van der Waals surface area contributed by atoms with Gasteiger partial charge in [0.1, 0.15) is 5.75 Å². The van der Waals surface area contributed by atoms with Crippen molar-refractivity contribution in [3.63, 3.8) is 0 Å². The topological polar surface area (TPSA) is 15.7 Å². The Morgan fingerprint density at radius 3 is 2.19 bits per heavy atom. The second-order valence-corrected chi connectivity index (χ2v) is 7.28. The molecule has 1 atom stereocenters. The van der Waals surface area contributed by atoms with E-state index in [1.807, 2.05) is 0 Å². The molecular formula is C23H34N2O. The van der Waals surface area contributed by atoms with Gasteiger partial charge in [-0.05, 0) is 49.7 Å². The second kappa shape index (κ2) is 11.0. The fraction of sp³-hybridized carbons (Fsp3) is 0.478. The van der Waals surface area contributed by atoms with E-state index < -0.39 is 0 Å². The van der Waals surface area contributed by atoms with Crippen molar-refractivity contribution < 1.29 is 4.74 Å². The van der Waals surface area contributed by atoms with Gasteiger partial charge in [0.2, 0.25) is 0 Å². The molecule has 0 aliphatic carbocycles. The third-order valence-electron chi connectivity index (χ3n) is 4.82. The first-order chi connectivity index (χ1) is 12.6. The third-order valence-corrected chi connectivity index (χ3v) is 4.82. The van der Waals surface area contributed by atoms with Gasteiger partial charge < -0.3 is 9.64 Å². The summed E-state index contributed by atoms with van der Waals surface area (Å²) in [4.78, 5) is 4.86. The van der Waals surface area contributed by atoms with E-state index in [1.165, 1.54) is 24.0 Å². The molecular weight excluding hydrogens is 320 g/mol. The SMILES string of the molecule is CCC[C@H](CN(CCN(C)C)Cc1ccccc1)c1ccc(OC)cc1. The normalized spacial score (nSPS) is 12.5. The molecule has 0 amide bonds. The Kier molecular flexibility index (Phi) is 8.66. The largest absolute Gasteiger partial charge is 0.497 e. The van der Waals surface area contributed by atoms with Crippen LogP contribution in [-0.2, 0) is 6.54 Å². The van der Waals surface area contributed by atoms with Crippen LogP contribution in [0.1, 0.15) is 36.8 Å². The summed E-state index contributed by atoms with van der Waals surface area (Å²) in [5.74, 6) is 1.48. The standard InChI is InChI=1S/C23H34N2O/c1-5-9-22(21-12-14-23(26-4)15-13-21)19-25(17-16-24(2)3)18-20-10-7-6-8-11-20/h6-8,10-15,22H,5,9,16-19H2,1-4H3/t22-/m1/s1. The molecule has 0 saturated heterocycles. The molecule has 0 bridgehead atoms. The molecule has 2 aromatic carbocycles. The van der Waals surface area contributed by atoms with Gasteiger partial charge in [-0.3, -0.25) is 4.90 Å². The van der Waals surface area contributed by atoms with Crippen LogP contribution in [0.4, 0.5) is 0 Å². The lowest BCUT2D eigenvalue weighted by atomic mass is 9.93. The monoisotopic (exact) mass is 354 g/mol. The van der Waals surface area contributed by atoms with Crippen LogP contribution in [0.2, 0.25) is 0 Å². The average molecular weight is 355 g/mol. The first kappa shape index (κ1) is 20.5. The Labute approximate surface area is 159 Å². The number of rotatable bonds is 11. The van der Waals surface area contributed by atoms with Gasteiger partial charge in [0.15, 0.2) is 0 Å². The zero-order valence-corrected chi connectivity index (χ0v) is 16.8. The molecule has 0 fully saturated rings. The van der Waals surface area contributed by atoms with Gasteiger partial charge >= 0.3 is 0 Å². The lowest BCUT2D eigenvalue weighted by Crippen LogP contribution is -2.34. The fourth-order valence-corrected chi connectivity index (χ4v) is 3.32. The molecule has 0 spiro atoms. The van der Waals surface area contributed by atoms with E-state index in [1.54, 1.807) is 7.11 Å². The molecule has 0 saturated carbocycles. The Hall–Kier alpha value is -1.84. The van der Waals surface area contributed by atoms with E-state index in [2.05, 4.69) is 85.4 Å². The Morgan fingerprint density at radius 2 is 1.62 bits per heavy atom. The summed E-state index contributed by atoms with van der Waals surface area (Å²) in [5.41, 5.74) is 2.80. The molecule has 0 aliphatic heterocycles. The summed E-state index contributed by atoms with van der Waals surface area (Å²) in [7, 11) is 6.02. The van der Waals surface area contributed by atoms with Crippen LogP contribution >= 0.6 is 0 Å². The zero-order chi connectivity index (χ0) is 18.8. The predicted molar refractivity (Wildman–Crippen MR) is 111 cm³/mol. The van der Waals surface area contributed by atoms with Crippen molar-refractivity contribution in [2.24, 2.45) is 0 Å². The molecule has 2 rings (SSSR count). The van der Waals surface area contributed by atoms with Crippen LogP contribution in [0.5, 0.6) is 5.75 Å². The molecule has 0 heterocycles. The van der Waals surface area contributed by atoms with E-state index in [4.69, 9.17) is 4.74 Å². The van der Waals surface area contributed by atoms with Gasteiger partial charge in [-0.2, -0.15) is 0 Å². The van der Waals surface area contributed by atoms with Crippen LogP contribution in [-0.4, -0.2) is 50.6 Å². The third kappa shape index (κ3) is 6.81. The van der Waals surface area contributed by atoms with Crippen molar-refractivity contribution >= 4 is 0 Å². The number of nitrogens with zero attached hydrogens (tertiary/aromatic N) is 2. The summed E-state index contributed by atoms with van der Waals surface area (Å²) >= 11 is 0. The van der Waals surface area contributed by atoms with Crippen LogP contribution in [0.25, 0.3) is 0 Å². The first-order valence-corrected chi connectivity index (χ1v) is 9.67. The maximum Gasteiger partial charge on any atom is 0.118 e. The van der Waals surface area contributed by atoms with Crippen molar-refractivity contribution in [3.8, 4) is 5.75 Å². The second-order valence-electron chi connectivity index (χ2n) is 7.28. The average Bonchev–Trinajstić information content (AvgIpc) is 2.66. The van der Waals surface area contributed by atoms with Crippen LogP contribution in [0, 0.1) is 0 Å². The number of methoxy groups -OCH3 is 1. The van der Waals surface area contributed by atoms with Crippen molar-refractivity contribution in [1.29, 1.82) is 0 Å². The minimum atomic E-state index is 0.553. The number of ether oxygens (including phenoxy) is 1. The zero-order valence-electron chi connectivity index (χ0n) is 16.8. The van der Waals surface area contributed by atoms with E-state index in [0.29, 0.717) is 5.92 Å². The minimum absolute atomic E-state index is 0.553. The fourth-order valence-electron chi connectivity index (χ4n) is 3.32. The van der Waals surface area contributed by atoms with E-state index in [0.717, 1.165) is 31.9 Å². The lowest BCUT2D eigenvalue weighted by Gasteiger charge is -2.29. The number of hydrogen-bond donors (Lipinski definition) is 0. The van der Waals surface area contributed by atoms with E-state index >= 15 is 0 Å². The maximum atomic E-state index is 5.32. The van der Waals surface area contributed by atoms with Crippen LogP contribution in [0.3, 0.4) is 0 Å². The summed E-state index contributed by atoms with van der Waals surface area (Å²) in [6.07, 6.45) is 2.41. The molecule has 0 aliphatic rings. The Morgan fingerprint density at radius 1 is 0.923 bits per heavy atom. The van der Waals surface area contributed by atoms with Gasteiger partial charge in [0.25, 0.3) is 0 Å². The molecule has 26 heavy (non-hydrogen) atoms. The Bertz CT molecular complexity index is 610. The molecule has 0 N–H and O–H groups in total. The summed E-state index contributed by atoms with van der Waals surface area (Å²) in [5, 5.41) is 0. The van der Waals surface area contributed by atoms with Gasteiger partial charge in [0.05, 0.1) is 7.11 Å². The molecule has 3 heteroatoms. The van der Waals surface area contributed by atoms with Gasteiger partial charge in [-0.1, -0.05) is 55.8 Å². The Balaban J connectivity index is 2.11. The highest BCUT2D eigenvalue weighted by Gasteiger charge is 2.16. The highest BCUT2D eigenvalue weighted by molar-refractivity contribution is 5.29. The van der Waals surface area contributed by atoms with Gasteiger partial charge in [0, 0.05) is 26.2 Å². The van der Waals surface area contributed by atoms with Crippen molar-refractivity contribution in [1.82, 2.24) is 9.80 Å². The quantitative estimate of drug-likeness (QED) is 0.584. The molecule has 0 aromatic heterocycles. The maximum absolute atomic E-state index is 5.32. The van der Waals surface area contributed by atoms with Crippen LogP contribution in [0.15, 0.2) is 54.6 Å². The first-order valence-electron chi connectivity index (χ1n) is 9.67. The van der Waals surface area contributed by atoms with E-state index in [-0.39, 0.29) is 0 Å². The highest BCUT2D eigenvalue weighted by atomic mass is 16.5. The summed E-state index contributed by atoms with van der Waals surface area (Å²) in [6.45, 7) is 6.53. The number of hydrogen-bond acceptors (Lipinski definition) is 3. The lowest BCUT2D eigenvalue weighted by molar-refractivity contribution is 0.217. The van der Waals surface area contributed by atoms with Crippen molar-refractivity contribution in [2.45, 2.75) is 32.2 Å². The number of likely N-dealkylation sites (N-methyl/N-ethyl adjacent to an activating group) is 1. The molecule has 0 radical (unpaired) electrons. The smallest absolute Gasteiger partial charge is 0.118 e. The molecule has 0 unspecified atom stereocenters. The van der Waals surface area contributed by atoms with Crippen molar-refractivity contribution in [2.75, 3.05) is 40.8 Å². The molecule has 3 nitrogen and oxygen atoms in total. The molecule has 142 valence electrons. The van der Waals surface area contributed by atoms with Gasteiger partial charge in [-0.25, -0.2) is 0 Å². The minimum Gasteiger partial charge on any atom is -0.497 e. The van der Waals surface area contributed by atoms with Crippen LogP contribution < -0.4 is 4.74 Å². The van der Waals surface area contributed by atoms with Crippen molar-refractivity contribution in [3.05, 3.63) is 65.7 Å². The number of benzene rings is 2. The summed E-state index contributed by atoms with van der Waals surface area (Å²) in [6, 6.07) is 19.4. The summed E-state index contributed by atoms with van der Waals surface area (Å²) < 4.78 is 5.32. The van der Waals surface area contributed by atoms with Gasteiger partial charge in [-0.15, -0.1) is 0 Å².